The topological polar surface area (TPSA) is 78.1 Å². The molecule has 0 aliphatic rings. The summed E-state index contributed by atoms with van der Waals surface area (Å²) in [7, 11) is 0. The number of carbonyl (C=O) groups excluding carboxylic acids is 1. The highest BCUT2D eigenvalue weighted by molar-refractivity contribution is 7.20. The molecule has 1 aromatic carbocycles. The second-order valence-corrected chi connectivity index (χ2v) is 7.69. The number of aromatic nitrogens is 2. The van der Waals surface area contributed by atoms with E-state index in [0.717, 1.165) is 25.2 Å². The molecule has 148 valence electrons. The van der Waals surface area contributed by atoms with E-state index in [1.54, 1.807) is 0 Å². The number of aryl methyl sites for hydroxylation is 1. The van der Waals surface area contributed by atoms with Crippen molar-refractivity contribution in [2.75, 3.05) is 26.2 Å². The van der Waals surface area contributed by atoms with E-state index in [2.05, 4.69) is 34.0 Å². The lowest BCUT2D eigenvalue weighted by Gasteiger charge is -2.17. The fraction of sp³-hybridized carbons (Fsp3) is 0.381. The Labute approximate surface area is 168 Å². The zero-order chi connectivity index (χ0) is 20.1. The van der Waals surface area contributed by atoms with Crippen LogP contribution in [-0.2, 0) is 6.42 Å². The molecule has 2 N–H and O–H groups in total. The number of amides is 1. The number of fused-ring (bicyclic) bond motifs is 1. The molecule has 0 fully saturated rings. The molecule has 0 spiro atoms. The number of H-pyrrole nitrogens is 1. The first-order valence-corrected chi connectivity index (χ1v) is 10.4. The normalized spacial score (nSPS) is 11.3. The van der Waals surface area contributed by atoms with E-state index in [9.17, 15) is 9.59 Å². The van der Waals surface area contributed by atoms with Crippen LogP contribution in [0.2, 0.25) is 0 Å². The van der Waals surface area contributed by atoms with Gasteiger partial charge in [-0.05, 0) is 31.1 Å². The highest BCUT2D eigenvalue weighted by atomic mass is 32.1. The van der Waals surface area contributed by atoms with Crippen LogP contribution in [-0.4, -0.2) is 47.0 Å². The van der Waals surface area contributed by atoms with Gasteiger partial charge in [-0.1, -0.05) is 44.2 Å². The van der Waals surface area contributed by atoms with E-state index in [4.69, 9.17) is 0 Å². The van der Waals surface area contributed by atoms with Crippen molar-refractivity contribution in [1.82, 2.24) is 20.2 Å². The molecule has 6 nitrogen and oxygen atoms in total. The van der Waals surface area contributed by atoms with Gasteiger partial charge < -0.3 is 15.2 Å². The summed E-state index contributed by atoms with van der Waals surface area (Å²) in [6, 6.07) is 9.87. The summed E-state index contributed by atoms with van der Waals surface area (Å²) in [5.41, 5.74) is 1.58. The van der Waals surface area contributed by atoms with Crippen LogP contribution in [0.5, 0.6) is 0 Å². The van der Waals surface area contributed by atoms with E-state index in [1.807, 2.05) is 37.3 Å². The highest BCUT2D eigenvalue weighted by Gasteiger charge is 2.19. The predicted octanol–water partition coefficient (Wildman–Crippen LogP) is 2.96. The van der Waals surface area contributed by atoms with Gasteiger partial charge in [0.1, 0.15) is 10.7 Å². The molecule has 0 radical (unpaired) electrons. The lowest BCUT2D eigenvalue weighted by molar-refractivity contribution is 0.0952. The van der Waals surface area contributed by atoms with Crippen molar-refractivity contribution in [3.05, 3.63) is 62.5 Å². The van der Waals surface area contributed by atoms with Gasteiger partial charge in [-0.2, -0.15) is 0 Å². The summed E-state index contributed by atoms with van der Waals surface area (Å²) >= 11 is 1.28. The van der Waals surface area contributed by atoms with E-state index < -0.39 is 0 Å². The third-order valence-electron chi connectivity index (χ3n) is 4.88. The van der Waals surface area contributed by atoms with Crippen molar-refractivity contribution in [2.45, 2.75) is 27.2 Å². The average Bonchev–Trinajstić information content (AvgIpc) is 3.03. The van der Waals surface area contributed by atoms with Crippen molar-refractivity contribution < 1.29 is 4.79 Å². The average molecular weight is 399 g/mol. The molecule has 0 atom stereocenters. The fourth-order valence-electron chi connectivity index (χ4n) is 3.23. The van der Waals surface area contributed by atoms with Crippen LogP contribution < -0.4 is 10.9 Å². The summed E-state index contributed by atoms with van der Waals surface area (Å²) in [5.74, 6) is 0.468. The van der Waals surface area contributed by atoms with Gasteiger partial charge in [0.25, 0.3) is 11.5 Å². The Kier molecular flexibility index (Phi) is 6.59. The van der Waals surface area contributed by atoms with E-state index in [-0.39, 0.29) is 11.5 Å². The Morgan fingerprint density at radius 1 is 1.21 bits per heavy atom. The molecule has 7 heteroatoms. The maximum absolute atomic E-state index is 12.6. The summed E-state index contributed by atoms with van der Waals surface area (Å²) in [5, 5.41) is 3.47. The highest BCUT2D eigenvalue weighted by Crippen LogP contribution is 2.27. The first kappa shape index (κ1) is 20.2. The number of benzene rings is 1. The molecule has 0 aliphatic carbocycles. The van der Waals surface area contributed by atoms with Gasteiger partial charge in [-0.3, -0.25) is 9.59 Å². The second kappa shape index (κ2) is 9.12. The van der Waals surface area contributed by atoms with Crippen LogP contribution >= 0.6 is 11.3 Å². The maximum Gasteiger partial charge on any atom is 0.261 e. The van der Waals surface area contributed by atoms with Crippen molar-refractivity contribution in [1.29, 1.82) is 0 Å². The third kappa shape index (κ3) is 4.48. The number of aromatic amines is 1. The van der Waals surface area contributed by atoms with Gasteiger partial charge in [0, 0.05) is 19.5 Å². The third-order valence-corrected chi connectivity index (χ3v) is 6.06. The SMILES string of the molecule is CCN(CC)CCNC(=O)c1sc2nc(Cc3ccccc3)[nH]c(=O)c2c1C. The molecule has 0 bridgehead atoms. The molecule has 0 unspecified atom stereocenters. The van der Waals surface area contributed by atoms with Crippen molar-refractivity contribution >= 4 is 27.5 Å². The second-order valence-electron chi connectivity index (χ2n) is 6.69. The van der Waals surface area contributed by atoms with Crippen molar-refractivity contribution in [3.63, 3.8) is 0 Å². The predicted molar refractivity (Wildman–Crippen MR) is 114 cm³/mol. The zero-order valence-corrected chi connectivity index (χ0v) is 17.4. The fourth-order valence-corrected chi connectivity index (χ4v) is 4.34. The summed E-state index contributed by atoms with van der Waals surface area (Å²) < 4.78 is 0. The van der Waals surface area contributed by atoms with Gasteiger partial charge in [-0.25, -0.2) is 4.98 Å². The van der Waals surface area contributed by atoms with E-state index >= 15 is 0 Å². The Morgan fingerprint density at radius 2 is 1.93 bits per heavy atom. The first-order valence-electron chi connectivity index (χ1n) is 9.60. The molecule has 0 aliphatic heterocycles. The van der Waals surface area contributed by atoms with E-state index in [1.165, 1.54) is 11.3 Å². The Balaban J connectivity index is 1.81. The maximum atomic E-state index is 12.6. The minimum atomic E-state index is -0.188. The number of nitrogens with zero attached hydrogens (tertiary/aromatic N) is 2. The van der Waals surface area contributed by atoms with Crippen molar-refractivity contribution in [2.24, 2.45) is 0 Å². The Morgan fingerprint density at radius 3 is 2.61 bits per heavy atom. The van der Waals surface area contributed by atoms with Crippen LogP contribution in [0.4, 0.5) is 0 Å². The molecule has 3 aromatic rings. The van der Waals surface area contributed by atoms with E-state index in [0.29, 0.717) is 39.4 Å². The summed E-state index contributed by atoms with van der Waals surface area (Å²) in [4.78, 5) is 36.1. The van der Waals surface area contributed by atoms with Gasteiger partial charge in [0.2, 0.25) is 0 Å². The first-order chi connectivity index (χ1) is 13.5. The standard InChI is InChI=1S/C21H26N4O2S/c1-4-25(5-2)12-11-22-20(27)18-14(3)17-19(26)23-16(24-21(17)28-18)13-15-9-7-6-8-10-15/h6-10H,4-5,11-13H2,1-3H3,(H,22,27)(H,23,24,26). The van der Waals surface area contributed by atoms with Crippen LogP contribution in [0, 0.1) is 6.92 Å². The number of carbonyl (C=O) groups is 1. The van der Waals surface area contributed by atoms with Crippen molar-refractivity contribution in [3.8, 4) is 0 Å². The summed E-state index contributed by atoms with van der Waals surface area (Å²) in [6.45, 7) is 9.32. The number of hydrogen-bond acceptors (Lipinski definition) is 5. The van der Waals surface area contributed by atoms with Crippen LogP contribution in [0.1, 0.15) is 40.5 Å². The van der Waals surface area contributed by atoms with Gasteiger partial charge in [0.15, 0.2) is 0 Å². The number of nitrogens with one attached hydrogen (secondary N) is 2. The van der Waals surface area contributed by atoms with Gasteiger partial charge in [0.05, 0.1) is 10.3 Å². The molecule has 28 heavy (non-hydrogen) atoms. The number of rotatable bonds is 8. The smallest absolute Gasteiger partial charge is 0.261 e. The van der Waals surface area contributed by atoms with Gasteiger partial charge >= 0.3 is 0 Å². The number of hydrogen-bond donors (Lipinski definition) is 2. The molecular formula is C21H26N4O2S. The van der Waals surface area contributed by atoms with Gasteiger partial charge in [-0.15, -0.1) is 11.3 Å². The largest absolute Gasteiger partial charge is 0.350 e. The number of likely N-dealkylation sites (N-methyl/N-ethyl adjacent to an activating group) is 1. The molecule has 0 saturated carbocycles. The van der Waals surface area contributed by atoms with Crippen LogP contribution in [0.15, 0.2) is 35.1 Å². The van der Waals surface area contributed by atoms with Crippen LogP contribution in [0.3, 0.4) is 0 Å². The Bertz CT molecular complexity index is 1010. The monoisotopic (exact) mass is 398 g/mol. The molecule has 3 rings (SSSR count). The lowest BCUT2D eigenvalue weighted by atomic mass is 10.1. The molecule has 0 saturated heterocycles. The molecule has 1 amide bonds. The molecule has 2 aromatic heterocycles. The zero-order valence-electron chi connectivity index (χ0n) is 16.5. The summed E-state index contributed by atoms with van der Waals surface area (Å²) in [6.07, 6.45) is 0.550. The minimum absolute atomic E-state index is 0.142. The quantitative estimate of drug-likeness (QED) is 0.612. The number of thiophene rings is 1. The van der Waals surface area contributed by atoms with Crippen LogP contribution in [0.25, 0.3) is 10.2 Å². The Hall–Kier alpha value is -2.51. The lowest BCUT2D eigenvalue weighted by Crippen LogP contribution is -2.34. The molecular weight excluding hydrogens is 372 g/mol. The minimum Gasteiger partial charge on any atom is -0.350 e. The molecule has 2 heterocycles.